The molecule has 142 valence electrons. The standard InChI is InChI=1S/C22H27N3O2/c1-15(23)16-9-11-24(12-10-16)22(27)18-13-21(26)25(14-18)20-8-4-6-17-5-2-3-7-19(17)20/h2-8,15-16,18H,9-14,23H2,1H3. The number of anilines is 1. The van der Waals surface area contributed by atoms with E-state index in [1.54, 1.807) is 4.90 Å². The van der Waals surface area contributed by atoms with Crippen molar-refractivity contribution in [3.63, 3.8) is 0 Å². The Balaban J connectivity index is 1.48. The number of benzene rings is 2. The first-order chi connectivity index (χ1) is 13.0. The molecule has 2 N–H and O–H groups in total. The highest BCUT2D eigenvalue weighted by molar-refractivity contribution is 6.07. The summed E-state index contributed by atoms with van der Waals surface area (Å²) in [6.07, 6.45) is 2.21. The maximum Gasteiger partial charge on any atom is 0.228 e. The number of nitrogens with two attached hydrogens (primary N) is 1. The highest BCUT2D eigenvalue weighted by Crippen LogP contribution is 2.33. The Bertz CT molecular complexity index is 850. The molecule has 2 saturated heterocycles. The quantitative estimate of drug-likeness (QED) is 0.909. The number of fused-ring (bicyclic) bond motifs is 1. The van der Waals surface area contributed by atoms with Gasteiger partial charge in [0.1, 0.15) is 0 Å². The van der Waals surface area contributed by atoms with Gasteiger partial charge in [0.25, 0.3) is 0 Å². The van der Waals surface area contributed by atoms with Crippen molar-refractivity contribution in [2.24, 2.45) is 17.6 Å². The number of carbonyl (C=O) groups excluding carboxylic acids is 2. The number of amides is 2. The molecular weight excluding hydrogens is 338 g/mol. The molecule has 27 heavy (non-hydrogen) atoms. The first-order valence-electron chi connectivity index (χ1n) is 9.87. The molecule has 0 aliphatic carbocycles. The van der Waals surface area contributed by atoms with Crippen LogP contribution in [0.25, 0.3) is 10.8 Å². The Labute approximate surface area is 160 Å². The van der Waals surface area contributed by atoms with Crippen molar-refractivity contribution in [2.75, 3.05) is 24.5 Å². The average Bonchev–Trinajstić information content (AvgIpc) is 3.08. The van der Waals surface area contributed by atoms with Gasteiger partial charge >= 0.3 is 0 Å². The molecule has 2 atom stereocenters. The molecule has 2 heterocycles. The minimum absolute atomic E-state index is 0.0372. The van der Waals surface area contributed by atoms with Crippen molar-refractivity contribution >= 4 is 28.3 Å². The van der Waals surface area contributed by atoms with E-state index in [9.17, 15) is 9.59 Å². The van der Waals surface area contributed by atoms with Gasteiger partial charge in [0.05, 0.1) is 11.6 Å². The minimum atomic E-state index is -0.247. The summed E-state index contributed by atoms with van der Waals surface area (Å²) in [5.74, 6) is 0.402. The summed E-state index contributed by atoms with van der Waals surface area (Å²) in [6, 6.07) is 14.2. The van der Waals surface area contributed by atoms with Gasteiger partial charge in [-0.3, -0.25) is 9.59 Å². The van der Waals surface area contributed by atoms with Gasteiger partial charge in [-0.05, 0) is 37.1 Å². The fourth-order valence-corrected chi connectivity index (χ4v) is 4.45. The lowest BCUT2D eigenvalue weighted by Crippen LogP contribution is -2.45. The Morgan fingerprint density at radius 3 is 2.56 bits per heavy atom. The average molecular weight is 365 g/mol. The second-order valence-electron chi connectivity index (χ2n) is 7.93. The number of rotatable bonds is 3. The molecule has 5 heteroatoms. The largest absolute Gasteiger partial charge is 0.342 e. The smallest absolute Gasteiger partial charge is 0.228 e. The van der Waals surface area contributed by atoms with Crippen LogP contribution in [-0.2, 0) is 9.59 Å². The van der Waals surface area contributed by atoms with Crippen molar-refractivity contribution in [1.82, 2.24) is 4.90 Å². The zero-order valence-electron chi connectivity index (χ0n) is 15.8. The van der Waals surface area contributed by atoms with Crippen LogP contribution >= 0.6 is 0 Å². The molecule has 0 aromatic heterocycles. The van der Waals surface area contributed by atoms with Gasteiger partial charge in [0, 0.05) is 37.5 Å². The normalized spacial score (nSPS) is 22.4. The molecule has 2 unspecified atom stereocenters. The van der Waals surface area contributed by atoms with Crippen LogP contribution in [0.15, 0.2) is 42.5 Å². The van der Waals surface area contributed by atoms with E-state index in [1.165, 1.54) is 0 Å². The third-order valence-electron chi connectivity index (χ3n) is 6.13. The first kappa shape index (κ1) is 18.0. The van der Waals surface area contributed by atoms with Crippen LogP contribution in [0.4, 0.5) is 5.69 Å². The number of nitrogens with zero attached hydrogens (tertiary/aromatic N) is 2. The van der Waals surface area contributed by atoms with E-state index in [0.717, 1.165) is 42.4 Å². The summed E-state index contributed by atoms with van der Waals surface area (Å²) in [5.41, 5.74) is 6.91. The maximum absolute atomic E-state index is 13.0. The van der Waals surface area contributed by atoms with Crippen molar-refractivity contribution in [2.45, 2.75) is 32.2 Å². The van der Waals surface area contributed by atoms with E-state index in [-0.39, 0.29) is 23.8 Å². The van der Waals surface area contributed by atoms with Gasteiger partial charge in [0.2, 0.25) is 11.8 Å². The number of likely N-dealkylation sites (tertiary alicyclic amines) is 1. The lowest BCUT2D eigenvalue weighted by Gasteiger charge is -2.35. The van der Waals surface area contributed by atoms with Gasteiger partial charge in [-0.1, -0.05) is 36.4 Å². The molecule has 2 aliphatic heterocycles. The van der Waals surface area contributed by atoms with Crippen LogP contribution < -0.4 is 10.6 Å². The fourth-order valence-electron chi connectivity index (χ4n) is 4.45. The van der Waals surface area contributed by atoms with E-state index in [4.69, 9.17) is 5.73 Å². The number of hydrogen-bond acceptors (Lipinski definition) is 3. The Morgan fingerprint density at radius 2 is 1.81 bits per heavy atom. The van der Waals surface area contributed by atoms with Gasteiger partial charge in [-0.2, -0.15) is 0 Å². The van der Waals surface area contributed by atoms with Crippen LogP contribution in [0.5, 0.6) is 0 Å². The van der Waals surface area contributed by atoms with Crippen molar-refractivity contribution in [1.29, 1.82) is 0 Å². The number of carbonyl (C=O) groups is 2. The van der Waals surface area contributed by atoms with Gasteiger partial charge in [0.15, 0.2) is 0 Å². The Morgan fingerprint density at radius 1 is 1.11 bits per heavy atom. The summed E-state index contributed by atoms with van der Waals surface area (Å²) < 4.78 is 0. The summed E-state index contributed by atoms with van der Waals surface area (Å²) in [4.78, 5) is 29.4. The van der Waals surface area contributed by atoms with Crippen molar-refractivity contribution in [3.8, 4) is 0 Å². The van der Waals surface area contributed by atoms with E-state index >= 15 is 0 Å². The predicted octanol–water partition coefficient (Wildman–Crippen LogP) is 2.78. The monoisotopic (exact) mass is 365 g/mol. The number of hydrogen-bond donors (Lipinski definition) is 1. The third kappa shape index (κ3) is 3.44. The SMILES string of the molecule is CC(N)C1CCN(C(=O)C2CC(=O)N(c3cccc4ccccc34)C2)CC1. The molecule has 5 nitrogen and oxygen atoms in total. The zero-order chi connectivity index (χ0) is 19.0. The van der Waals surface area contributed by atoms with Crippen LogP contribution in [0, 0.1) is 11.8 Å². The molecule has 0 saturated carbocycles. The van der Waals surface area contributed by atoms with Gasteiger partial charge in [-0.15, -0.1) is 0 Å². The van der Waals surface area contributed by atoms with E-state index in [1.807, 2.05) is 54.3 Å². The molecule has 4 rings (SSSR count). The molecule has 2 aromatic rings. The van der Waals surface area contributed by atoms with Gasteiger partial charge in [-0.25, -0.2) is 0 Å². The molecule has 2 aromatic carbocycles. The molecule has 0 radical (unpaired) electrons. The summed E-state index contributed by atoms with van der Waals surface area (Å²) in [7, 11) is 0. The molecule has 0 spiro atoms. The summed E-state index contributed by atoms with van der Waals surface area (Å²) >= 11 is 0. The maximum atomic E-state index is 13.0. The van der Waals surface area contributed by atoms with Crippen LogP contribution in [0.1, 0.15) is 26.2 Å². The Hall–Kier alpha value is -2.40. The number of piperidine rings is 1. The highest BCUT2D eigenvalue weighted by atomic mass is 16.2. The second-order valence-corrected chi connectivity index (χ2v) is 7.93. The van der Waals surface area contributed by atoms with Crippen molar-refractivity contribution in [3.05, 3.63) is 42.5 Å². The topological polar surface area (TPSA) is 66.6 Å². The molecule has 0 bridgehead atoms. The summed E-state index contributed by atoms with van der Waals surface area (Å²) in [5, 5.41) is 2.16. The fraction of sp³-hybridized carbons (Fsp3) is 0.455. The van der Waals surface area contributed by atoms with E-state index in [0.29, 0.717) is 18.9 Å². The summed E-state index contributed by atoms with van der Waals surface area (Å²) in [6.45, 7) is 4.02. The molecule has 2 aliphatic rings. The highest BCUT2D eigenvalue weighted by Gasteiger charge is 2.38. The van der Waals surface area contributed by atoms with E-state index < -0.39 is 0 Å². The predicted molar refractivity (Wildman–Crippen MR) is 107 cm³/mol. The minimum Gasteiger partial charge on any atom is -0.342 e. The third-order valence-corrected chi connectivity index (χ3v) is 6.13. The van der Waals surface area contributed by atoms with Crippen LogP contribution in [0.3, 0.4) is 0 Å². The van der Waals surface area contributed by atoms with Crippen LogP contribution in [0.2, 0.25) is 0 Å². The molecular formula is C22H27N3O2. The molecule has 2 amide bonds. The lowest BCUT2D eigenvalue weighted by molar-refractivity contribution is -0.137. The second kappa shape index (κ2) is 7.31. The van der Waals surface area contributed by atoms with Crippen LogP contribution in [-0.4, -0.2) is 42.4 Å². The van der Waals surface area contributed by atoms with E-state index in [2.05, 4.69) is 0 Å². The Kier molecular flexibility index (Phi) is 4.87. The van der Waals surface area contributed by atoms with Gasteiger partial charge < -0.3 is 15.5 Å². The van der Waals surface area contributed by atoms with Crippen molar-refractivity contribution < 1.29 is 9.59 Å². The lowest BCUT2D eigenvalue weighted by atomic mass is 9.90. The first-order valence-corrected chi connectivity index (χ1v) is 9.87. The zero-order valence-corrected chi connectivity index (χ0v) is 15.8. The molecule has 2 fully saturated rings.